The van der Waals surface area contributed by atoms with Crippen LogP contribution in [0.3, 0.4) is 0 Å². The van der Waals surface area contributed by atoms with E-state index in [1.54, 1.807) is 0 Å². The number of nitrogens with one attached hydrogen (secondary N) is 1. The van der Waals surface area contributed by atoms with Gasteiger partial charge >= 0.3 is 0 Å². The molecule has 17 heavy (non-hydrogen) atoms. The summed E-state index contributed by atoms with van der Waals surface area (Å²) in [6.07, 6.45) is 14.9. The molecule has 0 aromatic rings. The molecule has 1 heteroatoms. The minimum atomic E-state index is 0.822. The SMILES string of the molecule is CNC1C(C)C2CCCCCCCCCCC21. The third-order valence-electron chi connectivity index (χ3n) is 5.41. The molecule has 0 bridgehead atoms. The van der Waals surface area contributed by atoms with Crippen LogP contribution in [0.1, 0.15) is 71.1 Å². The quantitative estimate of drug-likeness (QED) is 0.714. The maximum Gasteiger partial charge on any atom is 0.0123 e. The van der Waals surface area contributed by atoms with Gasteiger partial charge in [0.25, 0.3) is 0 Å². The molecule has 0 heterocycles. The summed E-state index contributed by atoms with van der Waals surface area (Å²) in [4.78, 5) is 0. The van der Waals surface area contributed by atoms with Crippen LogP contribution in [0.4, 0.5) is 0 Å². The zero-order valence-electron chi connectivity index (χ0n) is 11.9. The van der Waals surface area contributed by atoms with Gasteiger partial charge in [0.15, 0.2) is 0 Å². The van der Waals surface area contributed by atoms with E-state index in [4.69, 9.17) is 0 Å². The first-order valence-corrected chi connectivity index (χ1v) is 8.02. The van der Waals surface area contributed by atoms with E-state index in [-0.39, 0.29) is 0 Å². The summed E-state index contributed by atoms with van der Waals surface area (Å²) in [5, 5.41) is 3.56. The van der Waals surface area contributed by atoms with E-state index in [2.05, 4.69) is 19.3 Å². The van der Waals surface area contributed by atoms with Crippen LogP contribution in [0.15, 0.2) is 0 Å². The van der Waals surface area contributed by atoms with Crippen molar-refractivity contribution in [2.75, 3.05) is 7.05 Å². The van der Waals surface area contributed by atoms with Crippen LogP contribution in [-0.2, 0) is 0 Å². The van der Waals surface area contributed by atoms with Gasteiger partial charge in [-0.25, -0.2) is 0 Å². The molecular weight excluding hydrogens is 206 g/mol. The van der Waals surface area contributed by atoms with Crippen molar-refractivity contribution >= 4 is 0 Å². The van der Waals surface area contributed by atoms with Gasteiger partial charge in [0.05, 0.1) is 0 Å². The Kier molecular flexibility index (Phi) is 5.34. The molecular formula is C16H31N. The monoisotopic (exact) mass is 237 g/mol. The van der Waals surface area contributed by atoms with E-state index in [1.165, 1.54) is 64.2 Å². The number of hydrogen-bond donors (Lipinski definition) is 1. The number of rotatable bonds is 1. The van der Waals surface area contributed by atoms with Gasteiger partial charge in [0.2, 0.25) is 0 Å². The fraction of sp³-hybridized carbons (Fsp3) is 1.00. The molecule has 1 N–H and O–H groups in total. The Morgan fingerprint density at radius 2 is 1.18 bits per heavy atom. The number of fused-ring (bicyclic) bond motifs is 1. The zero-order chi connectivity index (χ0) is 12.1. The summed E-state index contributed by atoms with van der Waals surface area (Å²) >= 11 is 0. The maximum atomic E-state index is 3.56. The minimum Gasteiger partial charge on any atom is -0.316 e. The van der Waals surface area contributed by atoms with Gasteiger partial charge in [-0.1, -0.05) is 58.3 Å². The zero-order valence-corrected chi connectivity index (χ0v) is 11.9. The van der Waals surface area contributed by atoms with Gasteiger partial charge in [-0.15, -0.1) is 0 Å². The van der Waals surface area contributed by atoms with E-state index < -0.39 is 0 Å². The molecule has 0 aliphatic heterocycles. The summed E-state index contributed by atoms with van der Waals surface area (Å²) in [5.74, 6) is 2.95. The van der Waals surface area contributed by atoms with Crippen molar-refractivity contribution in [3.63, 3.8) is 0 Å². The predicted octanol–water partition coefficient (Wildman–Crippen LogP) is 4.37. The molecule has 2 saturated carbocycles. The third kappa shape index (κ3) is 3.24. The normalized spacial score (nSPS) is 40.6. The second-order valence-corrected chi connectivity index (χ2v) is 6.41. The molecule has 0 radical (unpaired) electrons. The highest BCUT2D eigenvalue weighted by Crippen LogP contribution is 2.46. The van der Waals surface area contributed by atoms with Crippen LogP contribution in [0.5, 0.6) is 0 Å². The Morgan fingerprint density at radius 3 is 1.71 bits per heavy atom. The highest BCUT2D eigenvalue weighted by molar-refractivity contribution is 4.98. The predicted molar refractivity (Wildman–Crippen MR) is 75.2 cm³/mol. The third-order valence-corrected chi connectivity index (χ3v) is 5.41. The Balaban J connectivity index is 1.85. The molecule has 0 aromatic carbocycles. The summed E-state index contributed by atoms with van der Waals surface area (Å²) in [7, 11) is 2.16. The van der Waals surface area contributed by atoms with Crippen LogP contribution in [0.2, 0.25) is 0 Å². The Bertz CT molecular complexity index is 214. The van der Waals surface area contributed by atoms with Gasteiger partial charge in [0, 0.05) is 6.04 Å². The summed E-state index contributed by atoms with van der Waals surface area (Å²) < 4.78 is 0. The van der Waals surface area contributed by atoms with Gasteiger partial charge < -0.3 is 5.32 Å². The lowest BCUT2D eigenvalue weighted by Crippen LogP contribution is -2.56. The topological polar surface area (TPSA) is 12.0 Å². The summed E-state index contributed by atoms with van der Waals surface area (Å²) in [5.41, 5.74) is 0. The van der Waals surface area contributed by atoms with E-state index in [1.807, 2.05) is 0 Å². The highest BCUT2D eigenvalue weighted by atomic mass is 14.9. The van der Waals surface area contributed by atoms with E-state index in [9.17, 15) is 0 Å². The fourth-order valence-electron chi connectivity index (χ4n) is 4.34. The average molecular weight is 237 g/mol. The van der Waals surface area contributed by atoms with Gasteiger partial charge in [0.1, 0.15) is 0 Å². The van der Waals surface area contributed by atoms with Crippen molar-refractivity contribution in [3.05, 3.63) is 0 Å². The van der Waals surface area contributed by atoms with Crippen LogP contribution in [0.25, 0.3) is 0 Å². The average Bonchev–Trinajstić information content (AvgIpc) is 2.32. The van der Waals surface area contributed by atoms with Crippen molar-refractivity contribution in [1.29, 1.82) is 0 Å². The van der Waals surface area contributed by atoms with Crippen molar-refractivity contribution in [1.82, 2.24) is 5.32 Å². The molecule has 2 fully saturated rings. The van der Waals surface area contributed by atoms with Gasteiger partial charge in [-0.05, 0) is 37.6 Å². The Hall–Kier alpha value is -0.0400. The Labute approximate surface area is 108 Å². The molecule has 0 aromatic heterocycles. The second kappa shape index (κ2) is 6.78. The standard InChI is InChI=1S/C16H31N/c1-13-14-11-9-7-5-3-4-6-8-10-12-15(14)16(13)17-2/h13-17H,3-12H2,1-2H3. The highest BCUT2D eigenvalue weighted by Gasteiger charge is 2.45. The summed E-state index contributed by atoms with van der Waals surface area (Å²) in [6, 6.07) is 0.822. The molecule has 0 amide bonds. The van der Waals surface area contributed by atoms with Gasteiger partial charge in [-0.3, -0.25) is 0 Å². The van der Waals surface area contributed by atoms with E-state index in [0.29, 0.717) is 0 Å². The van der Waals surface area contributed by atoms with Crippen molar-refractivity contribution in [2.45, 2.75) is 77.2 Å². The molecule has 4 unspecified atom stereocenters. The van der Waals surface area contributed by atoms with Crippen LogP contribution >= 0.6 is 0 Å². The number of hydrogen-bond acceptors (Lipinski definition) is 1. The van der Waals surface area contributed by atoms with Gasteiger partial charge in [-0.2, -0.15) is 0 Å². The van der Waals surface area contributed by atoms with Crippen LogP contribution < -0.4 is 5.32 Å². The first-order chi connectivity index (χ1) is 8.34. The largest absolute Gasteiger partial charge is 0.316 e. The molecule has 2 aliphatic carbocycles. The summed E-state index contributed by atoms with van der Waals surface area (Å²) in [6.45, 7) is 2.47. The van der Waals surface area contributed by atoms with Crippen molar-refractivity contribution in [3.8, 4) is 0 Å². The molecule has 1 nitrogen and oxygen atoms in total. The first-order valence-electron chi connectivity index (χ1n) is 8.02. The lowest BCUT2D eigenvalue weighted by atomic mass is 9.58. The minimum absolute atomic E-state index is 0.822. The van der Waals surface area contributed by atoms with Crippen LogP contribution in [-0.4, -0.2) is 13.1 Å². The molecule has 2 aliphatic rings. The van der Waals surface area contributed by atoms with E-state index >= 15 is 0 Å². The lowest BCUT2D eigenvalue weighted by Gasteiger charge is -2.51. The first kappa shape index (κ1) is 13.4. The Morgan fingerprint density at radius 1 is 0.706 bits per heavy atom. The molecule has 0 saturated heterocycles. The molecule has 4 atom stereocenters. The fourth-order valence-corrected chi connectivity index (χ4v) is 4.34. The second-order valence-electron chi connectivity index (χ2n) is 6.41. The molecule has 2 rings (SSSR count). The smallest absolute Gasteiger partial charge is 0.0123 e. The van der Waals surface area contributed by atoms with Crippen molar-refractivity contribution < 1.29 is 0 Å². The van der Waals surface area contributed by atoms with Crippen LogP contribution in [0, 0.1) is 17.8 Å². The maximum absolute atomic E-state index is 3.56. The van der Waals surface area contributed by atoms with E-state index in [0.717, 1.165) is 23.8 Å². The molecule has 0 spiro atoms. The lowest BCUT2D eigenvalue weighted by molar-refractivity contribution is 0.0130. The molecule has 100 valence electrons. The van der Waals surface area contributed by atoms with Crippen molar-refractivity contribution in [2.24, 2.45) is 17.8 Å².